The predicted octanol–water partition coefficient (Wildman–Crippen LogP) is 2.53. The fourth-order valence-corrected chi connectivity index (χ4v) is 4.52. The molecule has 1 aliphatic carbocycles. The van der Waals surface area contributed by atoms with E-state index in [1.54, 1.807) is 0 Å². The molecular formula is C20H25N3O3. The average molecular weight is 355 g/mol. The number of amides is 4. The molecule has 1 aromatic carbocycles. The van der Waals surface area contributed by atoms with Gasteiger partial charge in [0.2, 0.25) is 5.91 Å². The molecule has 1 spiro atoms. The van der Waals surface area contributed by atoms with Crippen molar-refractivity contribution < 1.29 is 14.4 Å². The summed E-state index contributed by atoms with van der Waals surface area (Å²) in [5.74, 6) is -0.176. The smallest absolute Gasteiger partial charge is 0.323 e. The minimum absolute atomic E-state index is 0.0252. The van der Waals surface area contributed by atoms with Crippen molar-refractivity contribution in [2.24, 2.45) is 0 Å². The summed E-state index contributed by atoms with van der Waals surface area (Å²) in [7, 11) is 0. The molecule has 1 saturated carbocycles. The summed E-state index contributed by atoms with van der Waals surface area (Å²) in [4.78, 5) is 40.8. The SMILES string of the molecule is Cc1ccc2c(c1)CCCN2C(=O)CCN1C(=O)NC2(CCCC2)C1=O. The van der Waals surface area contributed by atoms with Gasteiger partial charge in [0, 0.05) is 25.2 Å². The molecule has 138 valence electrons. The predicted molar refractivity (Wildman–Crippen MR) is 97.9 cm³/mol. The summed E-state index contributed by atoms with van der Waals surface area (Å²) in [6, 6.07) is 5.81. The Hall–Kier alpha value is -2.37. The second-order valence-electron chi connectivity index (χ2n) is 7.71. The first-order valence-electron chi connectivity index (χ1n) is 9.54. The molecule has 4 amide bonds. The number of hydrogen-bond acceptors (Lipinski definition) is 3. The van der Waals surface area contributed by atoms with E-state index >= 15 is 0 Å². The highest BCUT2D eigenvalue weighted by molar-refractivity contribution is 6.07. The minimum Gasteiger partial charge on any atom is -0.323 e. The van der Waals surface area contributed by atoms with Crippen LogP contribution in [0.5, 0.6) is 0 Å². The van der Waals surface area contributed by atoms with E-state index in [2.05, 4.69) is 18.3 Å². The Morgan fingerprint density at radius 3 is 2.73 bits per heavy atom. The van der Waals surface area contributed by atoms with Gasteiger partial charge in [0.25, 0.3) is 5.91 Å². The van der Waals surface area contributed by atoms with Gasteiger partial charge in [-0.2, -0.15) is 0 Å². The lowest BCUT2D eigenvalue weighted by molar-refractivity contribution is -0.131. The Morgan fingerprint density at radius 2 is 1.96 bits per heavy atom. The zero-order chi connectivity index (χ0) is 18.3. The van der Waals surface area contributed by atoms with Gasteiger partial charge in [-0.25, -0.2) is 4.79 Å². The van der Waals surface area contributed by atoms with Gasteiger partial charge in [-0.15, -0.1) is 0 Å². The highest BCUT2D eigenvalue weighted by Crippen LogP contribution is 2.35. The first-order chi connectivity index (χ1) is 12.5. The van der Waals surface area contributed by atoms with Crippen LogP contribution in [0, 0.1) is 6.92 Å². The first kappa shape index (κ1) is 17.1. The summed E-state index contributed by atoms with van der Waals surface area (Å²) >= 11 is 0. The normalized spacial score (nSPS) is 21.3. The third-order valence-electron chi connectivity index (χ3n) is 5.91. The van der Waals surface area contributed by atoms with Gasteiger partial charge in [-0.3, -0.25) is 14.5 Å². The molecule has 26 heavy (non-hydrogen) atoms. The molecule has 1 N–H and O–H groups in total. The van der Waals surface area contributed by atoms with Crippen LogP contribution in [-0.4, -0.2) is 41.4 Å². The Kier molecular flexibility index (Phi) is 4.21. The van der Waals surface area contributed by atoms with Gasteiger partial charge in [0.05, 0.1) is 0 Å². The van der Waals surface area contributed by atoms with Gasteiger partial charge < -0.3 is 10.2 Å². The van der Waals surface area contributed by atoms with Gasteiger partial charge in [0.15, 0.2) is 0 Å². The van der Waals surface area contributed by atoms with E-state index in [4.69, 9.17) is 0 Å². The Balaban J connectivity index is 1.44. The molecule has 0 radical (unpaired) electrons. The van der Waals surface area contributed by atoms with Gasteiger partial charge in [0.1, 0.15) is 5.54 Å². The van der Waals surface area contributed by atoms with E-state index in [0.29, 0.717) is 19.4 Å². The van der Waals surface area contributed by atoms with Crippen molar-refractivity contribution in [3.63, 3.8) is 0 Å². The molecule has 6 nitrogen and oxygen atoms in total. The molecule has 0 unspecified atom stereocenters. The number of nitrogens with zero attached hydrogens (tertiary/aromatic N) is 2. The minimum atomic E-state index is -0.699. The molecule has 2 aliphatic heterocycles. The van der Waals surface area contributed by atoms with Crippen LogP contribution in [0.2, 0.25) is 0 Å². The second kappa shape index (κ2) is 6.41. The molecule has 4 rings (SSSR count). The van der Waals surface area contributed by atoms with Crippen LogP contribution in [0.3, 0.4) is 0 Å². The topological polar surface area (TPSA) is 69.7 Å². The zero-order valence-electron chi connectivity index (χ0n) is 15.2. The molecule has 0 bridgehead atoms. The first-order valence-corrected chi connectivity index (χ1v) is 9.54. The highest BCUT2D eigenvalue weighted by atomic mass is 16.2. The van der Waals surface area contributed by atoms with Crippen LogP contribution in [-0.2, 0) is 16.0 Å². The summed E-state index contributed by atoms with van der Waals surface area (Å²) in [6.45, 7) is 2.90. The third kappa shape index (κ3) is 2.77. The number of benzene rings is 1. The van der Waals surface area contributed by atoms with Crippen LogP contribution in [0.15, 0.2) is 18.2 Å². The molecule has 1 saturated heterocycles. The van der Waals surface area contributed by atoms with Crippen molar-refractivity contribution in [3.8, 4) is 0 Å². The molecule has 2 heterocycles. The van der Waals surface area contributed by atoms with Crippen molar-refractivity contribution in [2.45, 2.75) is 57.4 Å². The average Bonchev–Trinajstić information content (AvgIpc) is 3.18. The van der Waals surface area contributed by atoms with Crippen LogP contribution in [0.1, 0.15) is 49.7 Å². The van der Waals surface area contributed by atoms with Crippen molar-refractivity contribution in [1.29, 1.82) is 0 Å². The molecule has 0 aromatic heterocycles. The Labute approximate surface area is 153 Å². The van der Waals surface area contributed by atoms with E-state index < -0.39 is 5.54 Å². The number of aryl methyl sites for hydroxylation is 2. The fraction of sp³-hybridized carbons (Fsp3) is 0.550. The lowest BCUT2D eigenvalue weighted by Gasteiger charge is -2.30. The molecule has 1 aromatic rings. The largest absolute Gasteiger partial charge is 0.325 e. The molecule has 3 aliphatic rings. The van der Waals surface area contributed by atoms with Crippen LogP contribution in [0.4, 0.5) is 10.5 Å². The lowest BCUT2D eigenvalue weighted by atomic mass is 9.98. The van der Waals surface area contributed by atoms with Crippen molar-refractivity contribution in [1.82, 2.24) is 10.2 Å². The maximum absolute atomic E-state index is 12.8. The molecule has 6 heteroatoms. The highest BCUT2D eigenvalue weighted by Gasteiger charge is 2.52. The Bertz CT molecular complexity index is 768. The maximum Gasteiger partial charge on any atom is 0.325 e. The number of hydrogen-bond donors (Lipinski definition) is 1. The monoisotopic (exact) mass is 355 g/mol. The van der Waals surface area contributed by atoms with Gasteiger partial charge >= 0.3 is 6.03 Å². The molecule has 0 atom stereocenters. The second-order valence-corrected chi connectivity index (χ2v) is 7.71. The number of anilines is 1. The number of urea groups is 1. The molecule has 2 fully saturated rings. The number of nitrogens with one attached hydrogen (secondary N) is 1. The van der Waals surface area contributed by atoms with Gasteiger partial charge in [-0.1, -0.05) is 30.5 Å². The van der Waals surface area contributed by atoms with E-state index in [1.807, 2.05) is 17.0 Å². The van der Waals surface area contributed by atoms with Crippen molar-refractivity contribution in [3.05, 3.63) is 29.3 Å². The number of fused-ring (bicyclic) bond motifs is 1. The van der Waals surface area contributed by atoms with Crippen LogP contribution in [0.25, 0.3) is 0 Å². The van der Waals surface area contributed by atoms with Crippen LogP contribution >= 0.6 is 0 Å². The van der Waals surface area contributed by atoms with Crippen molar-refractivity contribution in [2.75, 3.05) is 18.0 Å². The zero-order valence-corrected chi connectivity index (χ0v) is 15.2. The maximum atomic E-state index is 12.8. The van der Waals surface area contributed by atoms with Crippen molar-refractivity contribution >= 4 is 23.5 Å². The lowest BCUT2D eigenvalue weighted by Crippen LogP contribution is -2.44. The number of imide groups is 1. The standard InChI is InChI=1S/C20H25N3O3/c1-14-6-7-16-15(13-14)5-4-11-22(16)17(24)8-12-23-18(25)20(21-19(23)26)9-2-3-10-20/h6-7,13H,2-5,8-12H2,1H3,(H,21,26). The third-order valence-corrected chi connectivity index (χ3v) is 5.91. The summed E-state index contributed by atoms with van der Waals surface area (Å²) in [5.41, 5.74) is 2.66. The summed E-state index contributed by atoms with van der Waals surface area (Å²) in [5, 5.41) is 2.87. The van der Waals surface area contributed by atoms with Crippen LogP contribution < -0.4 is 10.2 Å². The van der Waals surface area contributed by atoms with Gasteiger partial charge in [-0.05, 0) is 44.2 Å². The fourth-order valence-electron chi connectivity index (χ4n) is 4.52. The van der Waals surface area contributed by atoms with E-state index in [-0.39, 0.29) is 30.8 Å². The Morgan fingerprint density at radius 1 is 1.19 bits per heavy atom. The van der Waals surface area contributed by atoms with E-state index in [0.717, 1.165) is 31.4 Å². The summed E-state index contributed by atoms with van der Waals surface area (Å²) in [6.07, 6.45) is 5.43. The summed E-state index contributed by atoms with van der Waals surface area (Å²) < 4.78 is 0. The number of carbonyl (C=O) groups is 3. The quantitative estimate of drug-likeness (QED) is 0.847. The number of rotatable bonds is 3. The van der Waals surface area contributed by atoms with E-state index in [1.165, 1.54) is 16.0 Å². The number of carbonyl (C=O) groups excluding carboxylic acids is 3. The molecular weight excluding hydrogens is 330 g/mol. The van der Waals surface area contributed by atoms with E-state index in [9.17, 15) is 14.4 Å².